The van der Waals surface area contributed by atoms with E-state index in [1.807, 2.05) is 18.6 Å². The molecule has 0 saturated carbocycles. The zero-order valence-electron chi connectivity index (χ0n) is 16.8. The number of imidazole rings is 1. The molecule has 7 nitrogen and oxygen atoms in total. The zero-order chi connectivity index (χ0) is 19.5. The standard InChI is InChI=1S/C21H27N5O2/c1-15(2)18-19(16-4-5-17(23-14-16)6-11-27-3)26-8-7-22-20(21(26)24-18)25-9-12-28-13-10-25/h4-5,7-8,14-15H,6,9-13H2,1-3H3. The number of aromatic nitrogens is 4. The van der Waals surface area contributed by atoms with E-state index in [1.54, 1.807) is 7.11 Å². The van der Waals surface area contributed by atoms with Gasteiger partial charge in [-0.25, -0.2) is 9.97 Å². The van der Waals surface area contributed by atoms with Crippen LogP contribution in [0.4, 0.5) is 5.82 Å². The number of fused-ring (bicyclic) bond motifs is 1. The predicted molar refractivity (Wildman–Crippen MR) is 109 cm³/mol. The Balaban J connectivity index is 1.79. The summed E-state index contributed by atoms with van der Waals surface area (Å²) in [5.41, 5.74) is 5.14. The first-order valence-corrected chi connectivity index (χ1v) is 9.83. The van der Waals surface area contributed by atoms with Crippen LogP contribution in [0.5, 0.6) is 0 Å². The van der Waals surface area contributed by atoms with Gasteiger partial charge in [-0.1, -0.05) is 13.8 Å². The Hall–Kier alpha value is -2.51. The van der Waals surface area contributed by atoms with Crippen LogP contribution in [0, 0.1) is 0 Å². The van der Waals surface area contributed by atoms with E-state index in [1.165, 1.54) is 0 Å². The number of methoxy groups -OCH3 is 1. The number of hydrogen-bond donors (Lipinski definition) is 0. The highest BCUT2D eigenvalue weighted by Gasteiger charge is 2.22. The van der Waals surface area contributed by atoms with Gasteiger partial charge in [0, 0.05) is 56.5 Å². The van der Waals surface area contributed by atoms with Gasteiger partial charge in [0.1, 0.15) is 0 Å². The SMILES string of the molecule is COCCc1ccc(-c2c(C(C)C)nc3c(N4CCOCC4)nccn23)cn1. The fourth-order valence-electron chi connectivity index (χ4n) is 3.59. The average molecular weight is 381 g/mol. The van der Waals surface area contributed by atoms with Crippen LogP contribution in [-0.2, 0) is 15.9 Å². The number of ether oxygens (including phenoxy) is 2. The molecule has 1 aliphatic heterocycles. The van der Waals surface area contributed by atoms with Gasteiger partial charge in [0.2, 0.25) is 0 Å². The van der Waals surface area contributed by atoms with Gasteiger partial charge in [-0.05, 0) is 18.1 Å². The second-order valence-electron chi connectivity index (χ2n) is 7.33. The lowest BCUT2D eigenvalue weighted by atomic mass is 10.0. The van der Waals surface area contributed by atoms with Gasteiger partial charge in [-0.15, -0.1) is 0 Å². The Bertz CT molecular complexity index is 930. The maximum atomic E-state index is 5.50. The van der Waals surface area contributed by atoms with E-state index >= 15 is 0 Å². The lowest BCUT2D eigenvalue weighted by molar-refractivity contribution is 0.122. The molecule has 1 fully saturated rings. The first-order chi connectivity index (χ1) is 13.7. The quantitative estimate of drug-likeness (QED) is 0.654. The van der Waals surface area contributed by atoms with Crippen molar-refractivity contribution < 1.29 is 9.47 Å². The van der Waals surface area contributed by atoms with Crippen LogP contribution in [0.2, 0.25) is 0 Å². The molecule has 0 atom stereocenters. The molecule has 1 aliphatic rings. The molecule has 0 aliphatic carbocycles. The van der Waals surface area contributed by atoms with Crippen molar-refractivity contribution in [3.05, 3.63) is 42.1 Å². The number of hydrogen-bond acceptors (Lipinski definition) is 6. The van der Waals surface area contributed by atoms with Crippen molar-refractivity contribution in [2.45, 2.75) is 26.2 Å². The molecule has 4 heterocycles. The molecule has 148 valence electrons. The zero-order valence-corrected chi connectivity index (χ0v) is 16.8. The third-order valence-corrected chi connectivity index (χ3v) is 5.07. The summed E-state index contributed by atoms with van der Waals surface area (Å²) < 4.78 is 12.8. The van der Waals surface area contributed by atoms with Gasteiger partial charge in [0.05, 0.1) is 31.2 Å². The second-order valence-corrected chi connectivity index (χ2v) is 7.33. The average Bonchev–Trinajstić information content (AvgIpc) is 3.13. The van der Waals surface area contributed by atoms with Crippen LogP contribution in [-0.4, -0.2) is 59.4 Å². The smallest absolute Gasteiger partial charge is 0.181 e. The Morgan fingerprint density at radius 3 is 2.68 bits per heavy atom. The molecule has 0 radical (unpaired) electrons. The van der Waals surface area contributed by atoms with Gasteiger partial charge in [-0.2, -0.15) is 0 Å². The van der Waals surface area contributed by atoms with Crippen LogP contribution >= 0.6 is 0 Å². The molecule has 0 bridgehead atoms. The first-order valence-electron chi connectivity index (χ1n) is 9.83. The van der Waals surface area contributed by atoms with Gasteiger partial charge < -0.3 is 14.4 Å². The monoisotopic (exact) mass is 381 g/mol. The lowest BCUT2D eigenvalue weighted by Crippen LogP contribution is -2.37. The van der Waals surface area contributed by atoms with Crippen LogP contribution < -0.4 is 4.90 Å². The van der Waals surface area contributed by atoms with Gasteiger partial charge in [0.25, 0.3) is 0 Å². The van der Waals surface area contributed by atoms with Crippen molar-refractivity contribution >= 4 is 11.5 Å². The van der Waals surface area contributed by atoms with E-state index in [4.69, 9.17) is 14.5 Å². The topological polar surface area (TPSA) is 64.8 Å². The molecule has 0 amide bonds. The van der Waals surface area contributed by atoms with Crippen molar-refractivity contribution in [3.63, 3.8) is 0 Å². The van der Waals surface area contributed by atoms with Crippen molar-refractivity contribution in [1.82, 2.24) is 19.4 Å². The molecule has 28 heavy (non-hydrogen) atoms. The molecule has 4 rings (SSSR count). The number of morpholine rings is 1. The Morgan fingerprint density at radius 1 is 1.18 bits per heavy atom. The number of pyridine rings is 1. The highest BCUT2D eigenvalue weighted by Crippen LogP contribution is 2.32. The minimum absolute atomic E-state index is 0.292. The molecule has 3 aromatic heterocycles. The third-order valence-electron chi connectivity index (χ3n) is 5.07. The van der Waals surface area contributed by atoms with Crippen molar-refractivity contribution in [3.8, 4) is 11.3 Å². The lowest BCUT2D eigenvalue weighted by Gasteiger charge is -2.27. The van der Waals surface area contributed by atoms with Gasteiger partial charge in [0.15, 0.2) is 11.5 Å². The van der Waals surface area contributed by atoms with Crippen LogP contribution in [0.1, 0.15) is 31.2 Å². The van der Waals surface area contributed by atoms with E-state index in [-0.39, 0.29) is 0 Å². The number of anilines is 1. The van der Waals surface area contributed by atoms with Crippen molar-refractivity contribution in [2.75, 3.05) is 44.9 Å². The molecule has 0 aromatic carbocycles. The summed E-state index contributed by atoms with van der Waals surface area (Å²) >= 11 is 0. The third kappa shape index (κ3) is 3.59. The molecule has 7 heteroatoms. The Labute approximate surface area is 165 Å². The minimum Gasteiger partial charge on any atom is -0.384 e. The van der Waals surface area contributed by atoms with Crippen LogP contribution in [0.25, 0.3) is 16.9 Å². The molecule has 0 spiro atoms. The molecular weight excluding hydrogens is 354 g/mol. The molecule has 3 aromatic rings. The molecule has 1 saturated heterocycles. The molecule has 0 unspecified atom stereocenters. The van der Waals surface area contributed by atoms with Crippen LogP contribution in [0.3, 0.4) is 0 Å². The summed E-state index contributed by atoms with van der Waals surface area (Å²) in [7, 11) is 1.71. The largest absolute Gasteiger partial charge is 0.384 e. The minimum atomic E-state index is 0.292. The maximum Gasteiger partial charge on any atom is 0.181 e. The second kappa shape index (κ2) is 8.24. The van der Waals surface area contributed by atoms with Gasteiger partial charge in [-0.3, -0.25) is 9.38 Å². The van der Waals surface area contributed by atoms with Crippen LogP contribution in [0.15, 0.2) is 30.7 Å². The van der Waals surface area contributed by atoms with E-state index < -0.39 is 0 Å². The molecular formula is C21H27N5O2. The normalized spacial score (nSPS) is 14.9. The number of nitrogens with zero attached hydrogens (tertiary/aromatic N) is 5. The predicted octanol–water partition coefficient (Wildman–Crippen LogP) is 2.94. The van der Waals surface area contributed by atoms with Gasteiger partial charge >= 0.3 is 0 Å². The van der Waals surface area contributed by atoms with E-state index in [2.05, 4.69) is 45.2 Å². The number of rotatable bonds is 6. The Kier molecular flexibility index (Phi) is 5.54. The first kappa shape index (κ1) is 18.8. The summed E-state index contributed by atoms with van der Waals surface area (Å²) in [5, 5.41) is 0. The summed E-state index contributed by atoms with van der Waals surface area (Å²) in [6, 6.07) is 4.20. The summed E-state index contributed by atoms with van der Waals surface area (Å²) in [6.07, 6.45) is 6.60. The van der Waals surface area contributed by atoms with E-state index in [0.29, 0.717) is 12.5 Å². The van der Waals surface area contributed by atoms with Crippen molar-refractivity contribution in [1.29, 1.82) is 0 Å². The fourth-order valence-corrected chi connectivity index (χ4v) is 3.59. The summed E-state index contributed by atoms with van der Waals surface area (Å²) in [6.45, 7) is 8.14. The maximum absolute atomic E-state index is 5.50. The summed E-state index contributed by atoms with van der Waals surface area (Å²) in [5.74, 6) is 1.21. The van der Waals surface area contributed by atoms with E-state index in [9.17, 15) is 0 Å². The highest BCUT2D eigenvalue weighted by molar-refractivity contribution is 5.74. The van der Waals surface area contributed by atoms with Crippen molar-refractivity contribution in [2.24, 2.45) is 0 Å². The Morgan fingerprint density at radius 2 is 2.00 bits per heavy atom. The fraction of sp³-hybridized carbons (Fsp3) is 0.476. The molecule has 0 N–H and O–H groups in total. The van der Waals surface area contributed by atoms with E-state index in [0.717, 1.165) is 66.8 Å². The summed E-state index contributed by atoms with van der Waals surface area (Å²) in [4.78, 5) is 16.5. The highest BCUT2D eigenvalue weighted by atomic mass is 16.5.